The van der Waals surface area contributed by atoms with Gasteiger partial charge < -0.3 is 28.9 Å². The van der Waals surface area contributed by atoms with Crippen LogP contribution in [0.1, 0.15) is 25.5 Å². The molecular formula is C17H18O7. The molecule has 24 heavy (non-hydrogen) atoms. The van der Waals surface area contributed by atoms with Gasteiger partial charge in [-0.15, -0.1) is 0 Å². The van der Waals surface area contributed by atoms with Crippen LogP contribution in [0.2, 0.25) is 0 Å². The molecule has 0 saturated heterocycles. The molecular weight excluding hydrogens is 316 g/mol. The highest BCUT2D eigenvalue weighted by molar-refractivity contribution is 6.04. The summed E-state index contributed by atoms with van der Waals surface area (Å²) in [4.78, 5) is 11.6. The van der Waals surface area contributed by atoms with E-state index >= 15 is 0 Å². The van der Waals surface area contributed by atoms with Crippen LogP contribution in [-0.2, 0) is 0 Å². The molecule has 0 amide bonds. The smallest absolute Gasteiger partial charge is 0.336 e. The van der Waals surface area contributed by atoms with Crippen LogP contribution >= 0.6 is 0 Å². The first-order valence-electron chi connectivity index (χ1n) is 7.35. The fourth-order valence-corrected chi connectivity index (χ4v) is 2.79. The zero-order valence-electron chi connectivity index (χ0n) is 13.4. The Morgan fingerprint density at radius 1 is 1.12 bits per heavy atom. The second-order valence-corrected chi connectivity index (χ2v) is 6.15. The second kappa shape index (κ2) is 5.62. The summed E-state index contributed by atoms with van der Waals surface area (Å²) in [7, 11) is 1.41. The highest BCUT2D eigenvalue weighted by atomic mass is 16.5. The van der Waals surface area contributed by atoms with Gasteiger partial charge in [-0.1, -0.05) is 0 Å². The molecule has 3 aromatic rings. The highest BCUT2D eigenvalue weighted by Crippen LogP contribution is 2.42. The predicted octanol–water partition coefficient (Wildman–Crippen LogP) is 1.71. The van der Waals surface area contributed by atoms with Crippen molar-refractivity contribution in [1.29, 1.82) is 0 Å². The van der Waals surface area contributed by atoms with Gasteiger partial charge in [-0.3, -0.25) is 0 Å². The van der Waals surface area contributed by atoms with Crippen molar-refractivity contribution >= 4 is 21.9 Å². The molecule has 2 aromatic heterocycles. The Morgan fingerprint density at radius 3 is 2.42 bits per heavy atom. The van der Waals surface area contributed by atoms with Crippen molar-refractivity contribution in [2.24, 2.45) is 0 Å². The maximum Gasteiger partial charge on any atom is 0.336 e. The molecule has 2 heterocycles. The number of fused-ring (bicyclic) bond motifs is 2. The lowest BCUT2D eigenvalue weighted by Gasteiger charge is -2.29. The van der Waals surface area contributed by atoms with E-state index in [4.69, 9.17) is 13.6 Å². The summed E-state index contributed by atoms with van der Waals surface area (Å²) in [5.74, 6) is 0.219. The van der Waals surface area contributed by atoms with E-state index in [1.807, 2.05) is 0 Å². The number of aliphatic hydroxyl groups is 3. The van der Waals surface area contributed by atoms with Crippen molar-refractivity contribution in [3.05, 3.63) is 40.4 Å². The van der Waals surface area contributed by atoms with E-state index in [0.717, 1.165) is 0 Å². The van der Waals surface area contributed by atoms with Gasteiger partial charge in [0.2, 0.25) is 5.75 Å². The Hall–Kier alpha value is -2.35. The van der Waals surface area contributed by atoms with E-state index in [1.165, 1.54) is 39.4 Å². The molecule has 0 aliphatic rings. The van der Waals surface area contributed by atoms with Crippen molar-refractivity contribution < 1.29 is 28.9 Å². The molecule has 128 valence electrons. The third-order valence-electron chi connectivity index (χ3n) is 4.01. The minimum Gasteiger partial charge on any atom is -0.490 e. The first-order valence-corrected chi connectivity index (χ1v) is 7.35. The van der Waals surface area contributed by atoms with Gasteiger partial charge in [0.15, 0.2) is 11.2 Å². The number of ether oxygens (including phenoxy) is 1. The summed E-state index contributed by atoms with van der Waals surface area (Å²) in [6.45, 7) is 2.78. The van der Waals surface area contributed by atoms with Gasteiger partial charge in [0.05, 0.1) is 19.0 Å². The SMILES string of the molecule is COc1c2occc2c(C(O)C(O)C(C)(C)O)c2ccc(=O)oc12. The fraction of sp³-hybridized carbons (Fsp3) is 0.353. The maximum atomic E-state index is 11.6. The van der Waals surface area contributed by atoms with Crippen molar-refractivity contribution in [2.45, 2.75) is 31.7 Å². The van der Waals surface area contributed by atoms with Crippen LogP contribution in [0, 0.1) is 0 Å². The summed E-state index contributed by atoms with van der Waals surface area (Å²) in [5.41, 5.74) is -1.47. The molecule has 7 heteroatoms. The lowest BCUT2D eigenvalue weighted by Crippen LogP contribution is -2.40. The summed E-state index contributed by atoms with van der Waals surface area (Å²) >= 11 is 0. The van der Waals surface area contributed by atoms with Crippen molar-refractivity contribution in [3.63, 3.8) is 0 Å². The summed E-state index contributed by atoms with van der Waals surface area (Å²) in [6, 6.07) is 4.30. The van der Waals surface area contributed by atoms with Crippen LogP contribution in [0.3, 0.4) is 0 Å². The van der Waals surface area contributed by atoms with Crippen LogP contribution in [-0.4, -0.2) is 34.1 Å². The third kappa shape index (κ3) is 2.47. The van der Waals surface area contributed by atoms with E-state index in [2.05, 4.69) is 0 Å². The van der Waals surface area contributed by atoms with Crippen LogP contribution in [0.15, 0.2) is 38.1 Å². The molecule has 0 aliphatic carbocycles. The monoisotopic (exact) mass is 334 g/mol. The number of benzene rings is 1. The topological polar surface area (TPSA) is 113 Å². The number of rotatable bonds is 4. The van der Waals surface area contributed by atoms with E-state index in [0.29, 0.717) is 10.8 Å². The maximum absolute atomic E-state index is 11.6. The van der Waals surface area contributed by atoms with Gasteiger partial charge in [-0.25, -0.2) is 4.79 Å². The summed E-state index contributed by atoms with van der Waals surface area (Å²) in [5, 5.41) is 31.9. The van der Waals surface area contributed by atoms with E-state index in [-0.39, 0.29) is 22.5 Å². The van der Waals surface area contributed by atoms with Crippen molar-refractivity contribution in [2.75, 3.05) is 7.11 Å². The van der Waals surface area contributed by atoms with Crippen LogP contribution in [0.4, 0.5) is 0 Å². The lowest BCUT2D eigenvalue weighted by molar-refractivity contribution is -0.106. The van der Waals surface area contributed by atoms with Gasteiger partial charge >= 0.3 is 5.63 Å². The molecule has 2 unspecified atom stereocenters. The standard InChI is InChI=1S/C17H18O7/c1-17(2,21)16(20)12(19)11-8-4-5-10(18)24-14(8)15(22-3)13-9(11)6-7-23-13/h4-7,12,16,19-21H,1-3H3. The Morgan fingerprint density at radius 2 is 1.79 bits per heavy atom. The minimum atomic E-state index is -1.54. The molecule has 1 aromatic carbocycles. The van der Waals surface area contributed by atoms with Crippen LogP contribution in [0.25, 0.3) is 21.9 Å². The molecule has 2 atom stereocenters. The highest BCUT2D eigenvalue weighted by Gasteiger charge is 2.35. The average molecular weight is 334 g/mol. The van der Waals surface area contributed by atoms with E-state index in [9.17, 15) is 20.1 Å². The largest absolute Gasteiger partial charge is 0.490 e. The number of methoxy groups -OCH3 is 1. The van der Waals surface area contributed by atoms with E-state index in [1.54, 1.807) is 6.07 Å². The Kier molecular flexibility index (Phi) is 3.87. The summed E-state index contributed by atoms with van der Waals surface area (Å²) in [6.07, 6.45) is -1.51. The van der Waals surface area contributed by atoms with Gasteiger partial charge in [0, 0.05) is 22.4 Å². The zero-order valence-corrected chi connectivity index (χ0v) is 13.4. The van der Waals surface area contributed by atoms with E-state index < -0.39 is 23.4 Å². The number of hydrogen-bond acceptors (Lipinski definition) is 7. The third-order valence-corrected chi connectivity index (χ3v) is 4.01. The van der Waals surface area contributed by atoms with Crippen LogP contribution < -0.4 is 10.4 Å². The molecule has 0 saturated carbocycles. The number of aliphatic hydroxyl groups excluding tert-OH is 2. The van der Waals surface area contributed by atoms with Gasteiger partial charge in [0.1, 0.15) is 12.2 Å². The van der Waals surface area contributed by atoms with Crippen LogP contribution in [0.5, 0.6) is 5.75 Å². The Bertz CT molecular complexity index is 945. The first-order chi connectivity index (χ1) is 11.3. The lowest BCUT2D eigenvalue weighted by atomic mass is 9.89. The second-order valence-electron chi connectivity index (χ2n) is 6.15. The van der Waals surface area contributed by atoms with Crippen molar-refractivity contribution in [3.8, 4) is 5.75 Å². The average Bonchev–Trinajstić information content (AvgIpc) is 2.99. The van der Waals surface area contributed by atoms with Gasteiger partial charge in [-0.2, -0.15) is 0 Å². The Labute approximate surface area is 136 Å². The number of hydrogen-bond donors (Lipinski definition) is 3. The molecule has 0 radical (unpaired) electrons. The molecule has 0 aliphatic heterocycles. The Balaban J connectivity index is 2.41. The molecule has 0 spiro atoms. The predicted molar refractivity (Wildman–Crippen MR) is 86.1 cm³/mol. The zero-order chi connectivity index (χ0) is 17.6. The fourth-order valence-electron chi connectivity index (χ4n) is 2.79. The molecule has 0 bridgehead atoms. The van der Waals surface area contributed by atoms with Gasteiger partial charge in [-0.05, 0) is 26.0 Å². The first kappa shape index (κ1) is 16.5. The number of furan rings is 1. The quantitative estimate of drug-likeness (QED) is 0.622. The molecule has 3 rings (SSSR count). The molecule has 0 fully saturated rings. The van der Waals surface area contributed by atoms with Gasteiger partial charge in [0.25, 0.3) is 0 Å². The molecule has 7 nitrogen and oxygen atoms in total. The summed E-state index contributed by atoms with van der Waals surface area (Å²) < 4.78 is 15.9. The van der Waals surface area contributed by atoms with Crippen molar-refractivity contribution in [1.82, 2.24) is 0 Å². The normalized spacial score (nSPS) is 14.9. The minimum absolute atomic E-state index is 0.101. The molecule has 3 N–H and O–H groups in total.